The van der Waals surface area contributed by atoms with Gasteiger partial charge in [-0.1, -0.05) is 17.7 Å². The van der Waals surface area contributed by atoms with Crippen LogP contribution in [0.2, 0.25) is 5.02 Å². The van der Waals surface area contributed by atoms with Crippen molar-refractivity contribution < 1.29 is 19.1 Å². The molecule has 0 aliphatic carbocycles. The fraction of sp³-hybridized carbons (Fsp3) is 0.150. The van der Waals surface area contributed by atoms with Gasteiger partial charge in [-0.25, -0.2) is 9.78 Å². The molecule has 1 heterocycles. The summed E-state index contributed by atoms with van der Waals surface area (Å²) in [5, 5.41) is 5.92. The van der Waals surface area contributed by atoms with E-state index in [4.69, 9.17) is 16.3 Å². The zero-order chi connectivity index (χ0) is 20.1. The number of nitrogens with one attached hydrogen (secondary N) is 1. The minimum absolute atomic E-state index is 0.290. The van der Waals surface area contributed by atoms with Gasteiger partial charge in [0.05, 0.1) is 34.1 Å². The van der Waals surface area contributed by atoms with E-state index >= 15 is 0 Å². The van der Waals surface area contributed by atoms with Crippen LogP contribution in [-0.2, 0) is 11.3 Å². The van der Waals surface area contributed by atoms with Gasteiger partial charge < -0.3 is 14.8 Å². The third-order valence-electron chi connectivity index (χ3n) is 3.79. The van der Waals surface area contributed by atoms with Crippen LogP contribution < -0.4 is 10.1 Å². The van der Waals surface area contributed by atoms with Crippen molar-refractivity contribution in [3.8, 4) is 5.75 Å². The van der Waals surface area contributed by atoms with Crippen molar-refractivity contribution in [3.05, 3.63) is 74.7 Å². The van der Waals surface area contributed by atoms with E-state index in [0.29, 0.717) is 28.6 Å². The second-order valence-corrected chi connectivity index (χ2v) is 7.28. The van der Waals surface area contributed by atoms with Crippen LogP contribution in [0.4, 0.5) is 5.69 Å². The third kappa shape index (κ3) is 4.88. The van der Waals surface area contributed by atoms with Gasteiger partial charge in [-0.05, 0) is 43.3 Å². The van der Waals surface area contributed by atoms with E-state index in [-0.39, 0.29) is 11.5 Å². The van der Waals surface area contributed by atoms with Crippen LogP contribution in [0.3, 0.4) is 0 Å². The number of hydrogen-bond donors (Lipinski definition) is 1. The average Bonchev–Trinajstić information content (AvgIpc) is 3.13. The summed E-state index contributed by atoms with van der Waals surface area (Å²) < 4.78 is 10.4. The van der Waals surface area contributed by atoms with Crippen molar-refractivity contribution >= 4 is 40.5 Å². The molecular weight excluding hydrogens is 400 g/mol. The van der Waals surface area contributed by atoms with E-state index in [2.05, 4.69) is 15.0 Å². The maximum atomic E-state index is 12.6. The maximum Gasteiger partial charge on any atom is 0.337 e. The number of amides is 1. The molecule has 1 aromatic heterocycles. The van der Waals surface area contributed by atoms with Crippen LogP contribution in [0.5, 0.6) is 5.75 Å². The van der Waals surface area contributed by atoms with Crippen LogP contribution >= 0.6 is 22.9 Å². The number of thiazole rings is 1. The first-order valence-electron chi connectivity index (χ1n) is 8.29. The molecular formula is C20H17ClN2O4S. The number of esters is 1. The topological polar surface area (TPSA) is 77.5 Å². The summed E-state index contributed by atoms with van der Waals surface area (Å²) in [7, 11) is 1.29. The van der Waals surface area contributed by atoms with E-state index in [1.54, 1.807) is 35.6 Å². The van der Waals surface area contributed by atoms with Crippen LogP contribution in [0.25, 0.3) is 0 Å². The predicted molar refractivity (Wildman–Crippen MR) is 108 cm³/mol. The summed E-state index contributed by atoms with van der Waals surface area (Å²) >= 11 is 7.68. The van der Waals surface area contributed by atoms with Gasteiger partial charge in [-0.2, -0.15) is 0 Å². The number of rotatable bonds is 6. The normalized spacial score (nSPS) is 10.4. The monoisotopic (exact) mass is 416 g/mol. The second-order valence-electron chi connectivity index (χ2n) is 5.81. The molecule has 8 heteroatoms. The number of nitrogens with zero attached hydrogens (tertiary/aromatic N) is 1. The number of aryl methyl sites for hydroxylation is 1. The fourth-order valence-electron chi connectivity index (χ4n) is 2.42. The van der Waals surface area contributed by atoms with Crippen molar-refractivity contribution in [2.24, 2.45) is 0 Å². The highest BCUT2D eigenvalue weighted by atomic mass is 35.5. The van der Waals surface area contributed by atoms with Crippen molar-refractivity contribution in [1.82, 2.24) is 4.98 Å². The van der Waals surface area contributed by atoms with E-state index in [1.165, 1.54) is 25.3 Å². The summed E-state index contributed by atoms with van der Waals surface area (Å²) in [6.45, 7) is 2.25. The molecule has 28 heavy (non-hydrogen) atoms. The Morgan fingerprint density at radius 1 is 1.18 bits per heavy atom. The highest BCUT2D eigenvalue weighted by molar-refractivity contribution is 7.09. The molecule has 0 fully saturated rings. The van der Waals surface area contributed by atoms with Crippen LogP contribution in [0, 0.1) is 6.92 Å². The number of halogens is 1. The van der Waals surface area contributed by atoms with E-state index < -0.39 is 5.97 Å². The molecule has 0 saturated carbocycles. The summed E-state index contributed by atoms with van der Waals surface area (Å²) in [6, 6.07) is 11.3. The van der Waals surface area contributed by atoms with Crippen LogP contribution in [-0.4, -0.2) is 24.0 Å². The average molecular weight is 417 g/mol. The van der Waals surface area contributed by atoms with Crippen molar-refractivity contribution in [1.29, 1.82) is 0 Å². The van der Waals surface area contributed by atoms with Crippen molar-refractivity contribution in [3.63, 3.8) is 0 Å². The lowest BCUT2D eigenvalue weighted by Crippen LogP contribution is -2.13. The molecule has 2 aromatic carbocycles. The fourth-order valence-corrected chi connectivity index (χ4v) is 3.18. The molecule has 0 aliphatic rings. The lowest BCUT2D eigenvalue weighted by Gasteiger charge is -2.10. The van der Waals surface area contributed by atoms with Gasteiger partial charge in [-0.15, -0.1) is 11.3 Å². The molecule has 144 valence electrons. The Balaban J connectivity index is 1.71. The Morgan fingerprint density at radius 3 is 2.71 bits per heavy atom. The van der Waals surface area contributed by atoms with E-state index in [9.17, 15) is 9.59 Å². The van der Waals surface area contributed by atoms with Gasteiger partial charge in [0.1, 0.15) is 12.4 Å². The molecule has 0 bridgehead atoms. The number of methoxy groups -OCH3 is 1. The second kappa shape index (κ2) is 8.86. The molecule has 0 unspecified atom stereocenters. The van der Waals surface area contributed by atoms with Gasteiger partial charge in [-0.3, -0.25) is 4.79 Å². The quantitative estimate of drug-likeness (QED) is 0.588. The van der Waals surface area contributed by atoms with Crippen molar-refractivity contribution in [2.45, 2.75) is 13.5 Å². The zero-order valence-corrected chi connectivity index (χ0v) is 16.8. The molecule has 0 radical (unpaired) electrons. The number of anilines is 1. The lowest BCUT2D eigenvalue weighted by atomic mass is 10.1. The predicted octanol–water partition coefficient (Wildman–Crippen LogP) is 4.72. The van der Waals surface area contributed by atoms with Gasteiger partial charge in [0.2, 0.25) is 0 Å². The first kappa shape index (κ1) is 19.9. The molecule has 0 aliphatic heterocycles. The van der Waals surface area contributed by atoms with Gasteiger partial charge >= 0.3 is 5.97 Å². The van der Waals surface area contributed by atoms with Gasteiger partial charge in [0.25, 0.3) is 5.91 Å². The van der Waals surface area contributed by atoms with Gasteiger partial charge in [0.15, 0.2) is 0 Å². The smallest absolute Gasteiger partial charge is 0.337 e. The van der Waals surface area contributed by atoms with Crippen molar-refractivity contribution in [2.75, 3.05) is 12.4 Å². The minimum atomic E-state index is -0.514. The Labute approximate surface area is 171 Å². The highest BCUT2D eigenvalue weighted by Gasteiger charge is 2.13. The number of benzene rings is 2. The summed E-state index contributed by atoms with van der Waals surface area (Å²) in [5.41, 5.74) is 1.84. The molecule has 3 rings (SSSR count). The lowest BCUT2D eigenvalue weighted by molar-refractivity contribution is 0.0600. The number of hydrogen-bond acceptors (Lipinski definition) is 6. The number of aromatic nitrogens is 1. The largest absolute Gasteiger partial charge is 0.487 e. The Morgan fingerprint density at radius 2 is 2.00 bits per heavy atom. The maximum absolute atomic E-state index is 12.6. The summed E-state index contributed by atoms with van der Waals surface area (Å²) in [6.07, 6.45) is 0. The molecule has 1 N–H and O–H groups in total. The molecule has 1 amide bonds. The highest BCUT2D eigenvalue weighted by Crippen LogP contribution is 2.25. The SMILES string of the molecule is COC(=O)c1ccc(Cl)c(NC(=O)c2cccc(OCc3csc(C)n3)c2)c1. The molecule has 0 saturated heterocycles. The molecule has 3 aromatic rings. The Kier molecular flexibility index (Phi) is 6.28. The van der Waals surface area contributed by atoms with E-state index in [0.717, 1.165) is 10.7 Å². The first-order valence-corrected chi connectivity index (χ1v) is 9.55. The van der Waals surface area contributed by atoms with Gasteiger partial charge in [0, 0.05) is 10.9 Å². The summed E-state index contributed by atoms with van der Waals surface area (Å²) in [5.74, 6) is -0.341. The third-order valence-corrected chi connectivity index (χ3v) is 4.94. The number of carbonyl (C=O) groups excluding carboxylic acids is 2. The molecule has 0 atom stereocenters. The van der Waals surface area contributed by atoms with Crippen LogP contribution in [0.1, 0.15) is 31.4 Å². The minimum Gasteiger partial charge on any atom is -0.487 e. The molecule has 6 nitrogen and oxygen atoms in total. The number of carbonyl (C=O) groups is 2. The van der Waals surface area contributed by atoms with Crippen LogP contribution in [0.15, 0.2) is 47.8 Å². The summed E-state index contributed by atoms with van der Waals surface area (Å²) in [4.78, 5) is 28.6. The molecule has 0 spiro atoms. The zero-order valence-electron chi connectivity index (χ0n) is 15.2. The number of ether oxygens (including phenoxy) is 2. The standard InChI is InChI=1S/C20H17ClN2O4S/c1-12-22-15(11-28-12)10-27-16-5-3-4-13(8-16)19(24)23-18-9-14(20(25)26-2)6-7-17(18)21/h3-9,11H,10H2,1-2H3,(H,23,24). The van der Waals surface area contributed by atoms with E-state index in [1.807, 2.05) is 12.3 Å². The first-order chi connectivity index (χ1) is 13.5. The Bertz CT molecular complexity index is 1020. The Hall–Kier alpha value is -2.90.